The highest BCUT2D eigenvalue weighted by Crippen LogP contribution is 2.37. The van der Waals surface area contributed by atoms with Gasteiger partial charge in [0.15, 0.2) is 5.75 Å². The van der Waals surface area contributed by atoms with Crippen LogP contribution in [0.2, 0.25) is 0 Å². The van der Waals surface area contributed by atoms with Crippen molar-refractivity contribution >= 4 is 17.6 Å². The van der Waals surface area contributed by atoms with Gasteiger partial charge in [0.05, 0.1) is 12.2 Å². The van der Waals surface area contributed by atoms with Gasteiger partial charge in [-0.3, -0.25) is 0 Å². The Labute approximate surface area is 155 Å². The highest BCUT2D eigenvalue weighted by molar-refractivity contribution is 5.90. The van der Waals surface area contributed by atoms with Gasteiger partial charge in [0.2, 0.25) is 5.70 Å². The second-order valence-corrected chi connectivity index (χ2v) is 5.41. The van der Waals surface area contributed by atoms with E-state index >= 15 is 0 Å². The molecule has 2 aromatic rings. The molecule has 3 N–H and O–H groups in total. The van der Waals surface area contributed by atoms with Crippen LogP contribution in [0.4, 0.5) is 5.69 Å². The van der Waals surface area contributed by atoms with Crippen LogP contribution in [0, 0.1) is 0 Å². The van der Waals surface area contributed by atoms with Gasteiger partial charge in [0.25, 0.3) is 0 Å². The van der Waals surface area contributed by atoms with Crippen LogP contribution in [0.3, 0.4) is 0 Å². The molecule has 140 valence electrons. The van der Waals surface area contributed by atoms with Crippen molar-refractivity contribution in [3.63, 3.8) is 0 Å². The molecule has 0 fully saturated rings. The first-order valence-electron chi connectivity index (χ1n) is 7.99. The van der Waals surface area contributed by atoms with E-state index in [0.717, 1.165) is 0 Å². The zero-order valence-electron chi connectivity index (χ0n) is 14.7. The molecule has 0 radical (unpaired) electrons. The molecule has 0 aliphatic rings. The average molecular weight is 370 g/mol. The van der Waals surface area contributed by atoms with Crippen LogP contribution in [0.5, 0.6) is 5.75 Å². The highest BCUT2D eigenvalue weighted by atomic mass is 16.5. The lowest BCUT2D eigenvalue weighted by Gasteiger charge is -2.08. The lowest BCUT2D eigenvalue weighted by atomic mass is 10.0. The van der Waals surface area contributed by atoms with Gasteiger partial charge in [-0.05, 0) is 37.6 Å². The topological polar surface area (TPSA) is 129 Å². The van der Waals surface area contributed by atoms with Crippen molar-refractivity contribution < 1.29 is 29.6 Å². The Morgan fingerprint density at radius 1 is 1.11 bits per heavy atom. The number of aliphatic hydroxyl groups is 1. The summed E-state index contributed by atoms with van der Waals surface area (Å²) in [4.78, 5) is 22.9. The van der Waals surface area contributed by atoms with Gasteiger partial charge >= 0.3 is 11.9 Å². The summed E-state index contributed by atoms with van der Waals surface area (Å²) in [5, 5.41) is 36.6. The number of esters is 1. The second kappa shape index (κ2) is 8.61. The van der Waals surface area contributed by atoms with Gasteiger partial charge < -0.3 is 20.1 Å². The van der Waals surface area contributed by atoms with Crippen LogP contribution in [0.15, 0.2) is 64.1 Å². The van der Waals surface area contributed by atoms with E-state index in [4.69, 9.17) is 9.84 Å². The number of rotatable bonds is 6. The lowest BCUT2D eigenvalue weighted by molar-refractivity contribution is -0.138. The summed E-state index contributed by atoms with van der Waals surface area (Å²) >= 11 is 0. The third-order valence-electron chi connectivity index (χ3n) is 3.50. The first-order valence-corrected chi connectivity index (χ1v) is 7.99. The summed E-state index contributed by atoms with van der Waals surface area (Å²) in [7, 11) is 0. The number of aromatic carboxylic acids is 1. The normalized spacial score (nSPS) is 11.9. The molecule has 0 aliphatic heterocycles. The number of hydrogen-bond donors (Lipinski definition) is 3. The number of hydrogen-bond acceptors (Lipinski definition) is 7. The van der Waals surface area contributed by atoms with Gasteiger partial charge in [-0.1, -0.05) is 24.3 Å². The number of allylic oxidation sites excluding steroid dienone is 1. The van der Waals surface area contributed by atoms with Crippen molar-refractivity contribution in [2.75, 3.05) is 6.61 Å². The Bertz CT molecular complexity index is 930. The van der Waals surface area contributed by atoms with Crippen LogP contribution in [0.25, 0.3) is 11.1 Å². The molecule has 0 spiro atoms. The standard InChI is InChI=1S/C19H18N2O6/c1-3-27-19(26)16(11(2)22)21-20-15-9-5-8-14(17(15)23)12-6-4-7-13(10-12)18(24)25/h4-10,22-23H,3H2,1-2H3,(H,24,25)/b16-11-,21-20?. The maximum atomic E-state index is 11.8. The van der Waals surface area contributed by atoms with E-state index in [2.05, 4.69) is 10.2 Å². The van der Waals surface area contributed by atoms with Gasteiger partial charge in [0.1, 0.15) is 11.4 Å². The number of carbonyl (C=O) groups is 2. The molecule has 0 saturated carbocycles. The van der Waals surface area contributed by atoms with E-state index in [-0.39, 0.29) is 35.1 Å². The zero-order valence-corrected chi connectivity index (χ0v) is 14.7. The lowest BCUT2D eigenvalue weighted by Crippen LogP contribution is -2.07. The van der Waals surface area contributed by atoms with Crippen molar-refractivity contribution in [1.29, 1.82) is 0 Å². The maximum Gasteiger partial charge on any atom is 0.362 e. The molecule has 0 heterocycles. The molecule has 0 aromatic heterocycles. The Kier molecular flexibility index (Phi) is 6.27. The molecular weight excluding hydrogens is 352 g/mol. The Morgan fingerprint density at radius 3 is 2.44 bits per heavy atom. The number of nitrogens with zero attached hydrogens (tertiary/aromatic N) is 2. The minimum absolute atomic E-state index is 0.0382. The molecule has 27 heavy (non-hydrogen) atoms. The summed E-state index contributed by atoms with van der Waals surface area (Å²) in [6.07, 6.45) is 0. The van der Waals surface area contributed by atoms with Crippen molar-refractivity contribution in [3.05, 3.63) is 59.5 Å². The molecule has 8 nitrogen and oxygen atoms in total. The van der Waals surface area contributed by atoms with E-state index in [1.807, 2.05) is 0 Å². The fraction of sp³-hybridized carbons (Fsp3) is 0.158. The molecule has 0 bridgehead atoms. The molecule has 0 aliphatic carbocycles. The van der Waals surface area contributed by atoms with Gasteiger partial charge in [-0.25, -0.2) is 9.59 Å². The Balaban J connectivity index is 2.43. The van der Waals surface area contributed by atoms with Gasteiger partial charge in [-0.15, -0.1) is 10.2 Å². The number of para-hydroxylation sites is 1. The molecule has 0 saturated heterocycles. The smallest absolute Gasteiger partial charge is 0.362 e. The molecule has 2 aromatic carbocycles. The summed E-state index contributed by atoms with van der Waals surface area (Å²) in [5.74, 6) is -2.55. The highest BCUT2D eigenvalue weighted by Gasteiger charge is 2.15. The fourth-order valence-corrected chi connectivity index (χ4v) is 2.23. The predicted octanol–water partition coefficient (Wildman–Crippen LogP) is 4.19. The molecule has 0 amide bonds. The summed E-state index contributed by atoms with van der Waals surface area (Å²) in [6, 6.07) is 10.7. The average Bonchev–Trinajstić information content (AvgIpc) is 2.63. The summed E-state index contributed by atoms with van der Waals surface area (Å²) in [6.45, 7) is 2.98. The second-order valence-electron chi connectivity index (χ2n) is 5.41. The number of aromatic hydroxyl groups is 1. The van der Waals surface area contributed by atoms with Crippen molar-refractivity contribution in [2.45, 2.75) is 13.8 Å². The van der Waals surface area contributed by atoms with E-state index in [1.54, 1.807) is 31.2 Å². The van der Waals surface area contributed by atoms with Crippen LogP contribution in [-0.2, 0) is 9.53 Å². The van der Waals surface area contributed by atoms with Gasteiger partial charge in [-0.2, -0.15) is 0 Å². The number of aliphatic hydroxyl groups excluding tert-OH is 1. The summed E-state index contributed by atoms with van der Waals surface area (Å²) in [5.41, 5.74) is 0.550. The van der Waals surface area contributed by atoms with E-state index in [9.17, 15) is 19.8 Å². The number of carboxylic acid groups (broad SMARTS) is 1. The van der Waals surface area contributed by atoms with Crippen LogP contribution in [0.1, 0.15) is 24.2 Å². The first kappa shape index (κ1) is 19.6. The third-order valence-corrected chi connectivity index (χ3v) is 3.50. The monoisotopic (exact) mass is 370 g/mol. The van der Waals surface area contributed by atoms with E-state index < -0.39 is 11.9 Å². The maximum absolute atomic E-state index is 11.8. The van der Waals surface area contributed by atoms with Crippen LogP contribution in [-0.4, -0.2) is 33.9 Å². The number of carbonyl (C=O) groups excluding carboxylic acids is 1. The van der Waals surface area contributed by atoms with Crippen molar-refractivity contribution in [3.8, 4) is 16.9 Å². The molecule has 8 heteroatoms. The number of ether oxygens (including phenoxy) is 1. The minimum atomic E-state index is -1.09. The quantitative estimate of drug-likeness (QED) is 0.302. The van der Waals surface area contributed by atoms with Crippen molar-refractivity contribution in [2.24, 2.45) is 10.2 Å². The van der Waals surface area contributed by atoms with E-state index in [1.165, 1.54) is 25.1 Å². The zero-order chi connectivity index (χ0) is 20.0. The Morgan fingerprint density at radius 2 is 1.81 bits per heavy atom. The summed E-state index contributed by atoms with van der Waals surface area (Å²) < 4.78 is 4.78. The largest absolute Gasteiger partial charge is 0.510 e. The van der Waals surface area contributed by atoms with Crippen molar-refractivity contribution in [1.82, 2.24) is 0 Å². The number of azo groups is 1. The van der Waals surface area contributed by atoms with Gasteiger partial charge in [0, 0.05) is 5.56 Å². The minimum Gasteiger partial charge on any atom is -0.510 e. The number of phenolic OH excluding ortho intramolecular Hbond substituents is 1. The van der Waals surface area contributed by atoms with Crippen LogP contribution < -0.4 is 0 Å². The number of benzene rings is 2. The fourth-order valence-electron chi connectivity index (χ4n) is 2.23. The SMILES string of the molecule is CCOC(=O)/C(N=Nc1cccc(-c2cccc(C(=O)O)c2)c1O)=C(\C)O. The third kappa shape index (κ3) is 4.69. The first-order chi connectivity index (χ1) is 12.8. The molecule has 2 rings (SSSR count). The van der Waals surface area contributed by atoms with E-state index in [0.29, 0.717) is 11.1 Å². The molecule has 0 atom stereocenters. The number of carboxylic acids is 1. The molecular formula is C19H18N2O6. The molecule has 0 unspecified atom stereocenters. The predicted molar refractivity (Wildman–Crippen MR) is 97.0 cm³/mol. The number of phenols is 1. The Hall–Kier alpha value is -3.68. The van der Waals surface area contributed by atoms with Crippen LogP contribution >= 0.6 is 0 Å².